The molecule has 0 spiro atoms. The van der Waals surface area contributed by atoms with E-state index < -0.39 is 0 Å². The molecule has 0 aliphatic rings. The van der Waals surface area contributed by atoms with Crippen LogP contribution in [0.5, 0.6) is 5.75 Å². The van der Waals surface area contributed by atoms with Crippen LogP contribution in [0.25, 0.3) is 0 Å². The topological polar surface area (TPSA) is 62.1 Å². The zero-order valence-corrected chi connectivity index (χ0v) is 9.41. The summed E-state index contributed by atoms with van der Waals surface area (Å²) in [6, 6.07) is 7.16. The Morgan fingerprint density at radius 2 is 2.31 bits per heavy atom. The van der Waals surface area contributed by atoms with Crippen LogP contribution < -0.4 is 10.1 Å². The minimum atomic E-state index is -0.0331. The molecule has 1 aromatic carbocycles. The van der Waals surface area contributed by atoms with Crippen LogP contribution in [0.15, 0.2) is 18.2 Å². The van der Waals surface area contributed by atoms with Gasteiger partial charge in [-0.2, -0.15) is 5.26 Å². The van der Waals surface area contributed by atoms with E-state index in [1.54, 1.807) is 18.2 Å². The average molecular weight is 218 g/mol. The smallest absolute Gasteiger partial charge is 0.224 e. The van der Waals surface area contributed by atoms with E-state index in [0.29, 0.717) is 24.3 Å². The number of hydrogen-bond donors (Lipinski definition) is 1. The second-order valence-electron chi connectivity index (χ2n) is 3.28. The van der Waals surface area contributed by atoms with Crippen LogP contribution in [-0.4, -0.2) is 19.6 Å². The van der Waals surface area contributed by atoms with Crippen LogP contribution >= 0.6 is 0 Å². The van der Waals surface area contributed by atoms with Crippen molar-refractivity contribution in [2.24, 2.45) is 0 Å². The van der Waals surface area contributed by atoms with Gasteiger partial charge < -0.3 is 10.1 Å². The molecule has 84 valence electrons. The van der Waals surface area contributed by atoms with Crippen molar-refractivity contribution in [3.63, 3.8) is 0 Å². The number of amides is 1. The highest BCUT2D eigenvalue weighted by atomic mass is 16.5. The van der Waals surface area contributed by atoms with E-state index in [-0.39, 0.29) is 5.91 Å². The highest BCUT2D eigenvalue weighted by Crippen LogP contribution is 2.19. The fourth-order valence-corrected chi connectivity index (χ4v) is 1.38. The van der Waals surface area contributed by atoms with E-state index in [1.807, 2.05) is 13.0 Å². The SMILES string of the molecule is CCNC(=O)Cc1ccc(C#N)c(OC)c1. The predicted octanol–water partition coefficient (Wildman–Crippen LogP) is 1.25. The molecule has 0 saturated carbocycles. The molecule has 0 aromatic heterocycles. The van der Waals surface area contributed by atoms with Gasteiger partial charge in [0.05, 0.1) is 19.1 Å². The molecule has 4 nitrogen and oxygen atoms in total. The van der Waals surface area contributed by atoms with Crippen LogP contribution in [0.4, 0.5) is 0 Å². The molecule has 1 amide bonds. The first-order chi connectivity index (χ1) is 7.71. The molecule has 0 aliphatic carbocycles. The van der Waals surface area contributed by atoms with Crippen molar-refractivity contribution < 1.29 is 9.53 Å². The Labute approximate surface area is 94.8 Å². The number of nitriles is 1. The van der Waals surface area contributed by atoms with Gasteiger partial charge in [-0.25, -0.2) is 0 Å². The molecule has 16 heavy (non-hydrogen) atoms. The Kier molecular flexibility index (Phi) is 4.34. The maximum atomic E-state index is 11.3. The first kappa shape index (κ1) is 12.1. The molecule has 0 bridgehead atoms. The summed E-state index contributed by atoms with van der Waals surface area (Å²) in [5.41, 5.74) is 1.31. The van der Waals surface area contributed by atoms with Gasteiger partial charge in [-0.3, -0.25) is 4.79 Å². The van der Waals surface area contributed by atoms with Crippen LogP contribution in [0, 0.1) is 11.3 Å². The van der Waals surface area contributed by atoms with Gasteiger partial charge in [0.1, 0.15) is 11.8 Å². The van der Waals surface area contributed by atoms with Crippen LogP contribution in [0.1, 0.15) is 18.1 Å². The maximum Gasteiger partial charge on any atom is 0.224 e. The largest absolute Gasteiger partial charge is 0.495 e. The second-order valence-corrected chi connectivity index (χ2v) is 3.28. The molecule has 1 rings (SSSR count). The molecular weight excluding hydrogens is 204 g/mol. The Balaban J connectivity index is 2.84. The molecule has 1 aromatic rings. The molecule has 1 N–H and O–H groups in total. The zero-order chi connectivity index (χ0) is 12.0. The third-order valence-corrected chi connectivity index (χ3v) is 2.13. The summed E-state index contributed by atoms with van der Waals surface area (Å²) in [7, 11) is 1.51. The van der Waals surface area contributed by atoms with E-state index >= 15 is 0 Å². The normalized spacial score (nSPS) is 9.31. The van der Waals surface area contributed by atoms with Crippen molar-refractivity contribution in [2.45, 2.75) is 13.3 Å². The lowest BCUT2D eigenvalue weighted by atomic mass is 10.1. The van der Waals surface area contributed by atoms with Crippen molar-refractivity contribution in [1.29, 1.82) is 5.26 Å². The molecule has 4 heteroatoms. The summed E-state index contributed by atoms with van der Waals surface area (Å²) < 4.78 is 5.06. The number of carbonyl (C=O) groups is 1. The van der Waals surface area contributed by atoms with Gasteiger partial charge in [-0.1, -0.05) is 6.07 Å². The van der Waals surface area contributed by atoms with Crippen molar-refractivity contribution in [3.8, 4) is 11.8 Å². The lowest BCUT2D eigenvalue weighted by Gasteiger charge is -2.06. The van der Waals surface area contributed by atoms with Gasteiger partial charge in [0.2, 0.25) is 5.91 Å². The fraction of sp³-hybridized carbons (Fsp3) is 0.333. The highest BCUT2D eigenvalue weighted by Gasteiger charge is 2.06. The van der Waals surface area contributed by atoms with Gasteiger partial charge in [0.25, 0.3) is 0 Å². The number of hydrogen-bond acceptors (Lipinski definition) is 3. The minimum absolute atomic E-state index is 0.0331. The number of carbonyl (C=O) groups excluding carboxylic acids is 1. The van der Waals surface area contributed by atoms with Crippen molar-refractivity contribution in [2.75, 3.05) is 13.7 Å². The average Bonchev–Trinajstić information content (AvgIpc) is 2.29. The van der Waals surface area contributed by atoms with Gasteiger partial charge in [-0.05, 0) is 24.6 Å². The van der Waals surface area contributed by atoms with Crippen molar-refractivity contribution in [3.05, 3.63) is 29.3 Å². The zero-order valence-electron chi connectivity index (χ0n) is 9.41. The van der Waals surface area contributed by atoms with Crippen molar-refractivity contribution in [1.82, 2.24) is 5.32 Å². The number of likely N-dealkylation sites (N-methyl/N-ethyl adjacent to an activating group) is 1. The number of benzene rings is 1. The number of rotatable bonds is 4. The fourth-order valence-electron chi connectivity index (χ4n) is 1.38. The first-order valence-electron chi connectivity index (χ1n) is 5.05. The lowest BCUT2D eigenvalue weighted by molar-refractivity contribution is -0.120. The third-order valence-electron chi connectivity index (χ3n) is 2.13. The Morgan fingerprint density at radius 3 is 2.88 bits per heavy atom. The molecule has 0 radical (unpaired) electrons. The standard InChI is InChI=1S/C12H14N2O2/c1-3-14-12(15)7-9-4-5-10(8-13)11(6-9)16-2/h4-6H,3,7H2,1-2H3,(H,14,15). The molecule has 0 saturated heterocycles. The van der Waals surface area contributed by atoms with E-state index in [2.05, 4.69) is 5.32 Å². The number of nitrogens with zero attached hydrogens (tertiary/aromatic N) is 1. The molecule has 0 atom stereocenters. The second kappa shape index (κ2) is 5.76. The molecular formula is C12H14N2O2. The van der Waals surface area contributed by atoms with E-state index in [9.17, 15) is 4.79 Å². The van der Waals surface area contributed by atoms with Crippen LogP contribution in [-0.2, 0) is 11.2 Å². The number of ether oxygens (including phenoxy) is 1. The van der Waals surface area contributed by atoms with E-state index in [4.69, 9.17) is 10.00 Å². The summed E-state index contributed by atoms with van der Waals surface area (Å²) in [6.07, 6.45) is 0.301. The van der Waals surface area contributed by atoms with Crippen LogP contribution in [0.2, 0.25) is 0 Å². The minimum Gasteiger partial charge on any atom is -0.495 e. The summed E-state index contributed by atoms with van der Waals surface area (Å²) in [5, 5.41) is 11.5. The van der Waals surface area contributed by atoms with E-state index in [0.717, 1.165) is 5.56 Å². The van der Waals surface area contributed by atoms with Gasteiger partial charge in [-0.15, -0.1) is 0 Å². The van der Waals surface area contributed by atoms with E-state index in [1.165, 1.54) is 7.11 Å². The quantitative estimate of drug-likeness (QED) is 0.827. The lowest BCUT2D eigenvalue weighted by Crippen LogP contribution is -2.24. The number of methoxy groups -OCH3 is 1. The van der Waals surface area contributed by atoms with Gasteiger partial charge in [0, 0.05) is 6.54 Å². The molecule has 0 heterocycles. The van der Waals surface area contributed by atoms with Crippen molar-refractivity contribution >= 4 is 5.91 Å². The maximum absolute atomic E-state index is 11.3. The summed E-state index contributed by atoms with van der Waals surface area (Å²) in [4.78, 5) is 11.3. The third kappa shape index (κ3) is 2.99. The highest BCUT2D eigenvalue weighted by molar-refractivity contribution is 5.78. The summed E-state index contributed by atoms with van der Waals surface area (Å²) in [5.74, 6) is 0.471. The number of nitrogens with one attached hydrogen (secondary N) is 1. The molecule has 0 unspecified atom stereocenters. The molecule has 0 aliphatic heterocycles. The Bertz CT molecular complexity index is 422. The Hall–Kier alpha value is -2.02. The monoisotopic (exact) mass is 218 g/mol. The first-order valence-corrected chi connectivity index (χ1v) is 5.05. The summed E-state index contributed by atoms with van der Waals surface area (Å²) >= 11 is 0. The van der Waals surface area contributed by atoms with Crippen LogP contribution in [0.3, 0.4) is 0 Å². The van der Waals surface area contributed by atoms with Gasteiger partial charge >= 0.3 is 0 Å². The summed E-state index contributed by atoms with van der Waals surface area (Å²) in [6.45, 7) is 2.49. The predicted molar refractivity (Wildman–Crippen MR) is 60.1 cm³/mol. The molecule has 0 fully saturated rings. The Morgan fingerprint density at radius 1 is 1.56 bits per heavy atom. The van der Waals surface area contributed by atoms with Gasteiger partial charge in [0.15, 0.2) is 0 Å².